The number of benzene rings is 2. The van der Waals surface area contributed by atoms with Gasteiger partial charge in [0.2, 0.25) is 0 Å². The van der Waals surface area contributed by atoms with E-state index < -0.39 is 0 Å². The third-order valence-corrected chi connectivity index (χ3v) is 7.26. The normalized spacial score (nSPS) is 10.5. The SMILES string of the molecule is CCCCCCc1ccc(C(=C(CCCCC)C(=C=[N+]=[N-])CCCC)c2cccc(CCCC)c2)cc1.CCO.CCO.[Ni]. The molecule has 0 bridgehead atoms. The molecule has 0 aliphatic carbocycles. The maximum Gasteiger partial charge on any atom is 0.303 e. The molecule has 2 aromatic carbocycles. The molecule has 0 radical (unpaired) electrons. The van der Waals surface area contributed by atoms with Crippen molar-refractivity contribution in [3.8, 4) is 0 Å². The van der Waals surface area contributed by atoms with Crippen LogP contribution >= 0.6 is 0 Å². The number of hydrogen-bond donors (Lipinski definition) is 2. The largest absolute Gasteiger partial charge is 0.397 e. The minimum atomic E-state index is 0. The Morgan fingerprint density at radius 2 is 1.20 bits per heavy atom. The topological polar surface area (TPSA) is 76.9 Å². The summed E-state index contributed by atoms with van der Waals surface area (Å²) in [7, 11) is 0. The predicted molar refractivity (Wildman–Crippen MR) is 187 cm³/mol. The second kappa shape index (κ2) is 30.8. The second-order valence-corrected chi connectivity index (χ2v) is 11.0. The molecule has 0 unspecified atom stereocenters. The van der Waals surface area contributed by atoms with Gasteiger partial charge in [0.1, 0.15) is 0 Å². The zero-order valence-electron chi connectivity index (χ0n) is 28.7. The average molecular weight is 650 g/mol. The molecule has 0 spiro atoms. The Balaban J connectivity index is 0. The molecule has 0 saturated carbocycles. The van der Waals surface area contributed by atoms with Crippen molar-refractivity contribution in [3.63, 3.8) is 0 Å². The molecule has 0 aliphatic heterocycles. The Morgan fingerprint density at radius 3 is 1.77 bits per heavy atom. The third-order valence-electron chi connectivity index (χ3n) is 7.26. The van der Waals surface area contributed by atoms with Gasteiger partial charge in [-0.3, -0.25) is 0 Å². The Kier molecular flexibility index (Phi) is 30.7. The van der Waals surface area contributed by atoms with Crippen molar-refractivity contribution in [3.05, 3.63) is 87.5 Å². The molecule has 0 aromatic heterocycles. The number of unbranched alkanes of at least 4 members (excludes halogenated alkanes) is 7. The van der Waals surface area contributed by atoms with E-state index in [1.165, 1.54) is 84.8 Å². The number of nitrogens with zero attached hydrogens (tertiary/aromatic N) is 2. The van der Waals surface area contributed by atoms with E-state index in [2.05, 4.69) is 86.9 Å². The molecule has 5 heteroatoms. The maximum absolute atomic E-state index is 9.55. The molecule has 2 N–H and O–H groups in total. The van der Waals surface area contributed by atoms with Crippen LogP contribution in [0.4, 0.5) is 0 Å². The fourth-order valence-electron chi connectivity index (χ4n) is 5.04. The molecule has 0 aliphatic rings. The van der Waals surface area contributed by atoms with Crippen LogP contribution in [-0.2, 0) is 29.3 Å². The minimum absolute atomic E-state index is 0. The second-order valence-electron chi connectivity index (χ2n) is 11.0. The summed E-state index contributed by atoms with van der Waals surface area (Å²) in [6.07, 6.45) is 17.4. The molecule has 44 heavy (non-hydrogen) atoms. The van der Waals surface area contributed by atoms with Gasteiger partial charge in [0.25, 0.3) is 0 Å². The number of aliphatic hydroxyl groups is 2. The molecule has 2 aromatic rings. The van der Waals surface area contributed by atoms with Crippen LogP contribution in [0.3, 0.4) is 0 Å². The van der Waals surface area contributed by atoms with Crippen LogP contribution in [-0.4, -0.2) is 34.1 Å². The molecule has 0 amide bonds. The van der Waals surface area contributed by atoms with Crippen LogP contribution in [0.15, 0.2) is 59.7 Å². The van der Waals surface area contributed by atoms with E-state index in [9.17, 15) is 5.53 Å². The third kappa shape index (κ3) is 19.2. The van der Waals surface area contributed by atoms with Gasteiger partial charge in [-0.2, -0.15) is 0 Å². The summed E-state index contributed by atoms with van der Waals surface area (Å²) in [5.74, 6) is 3.00. The molecule has 0 fully saturated rings. The monoisotopic (exact) mass is 648 g/mol. The first-order valence-electron chi connectivity index (χ1n) is 17.1. The number of rotatable bonds is 18. The first-order valence-corrected chi connectivity index (χ1v) is 17.1. The zero-order valence-corrected chi connectivity index (χ0v) is 29.7. The van der Waals surface area contributed by atoms with Crippen LogP contribution in [0.1, 0.15) is 147 Å². The maximum atomic E-state index is 9.55. The van der Waals surface area contributed by atoms with E-state index in [0.29, 0.717) is 0 Å². The van der Waals surface area contributed by atoms with Crippen molar-refractivity contribution in [1.29, 1.82) is 0 Å². The van der Waals surface area contributed by atoms with Crippen molar-refractivity contribution >= 4 is 11.4 Å². The van der Waals surface area contributed by atoms with Gasteiger partial charge >= 0.3 is 5.87 Å². The summed E-state index contributed by atoms with van der Waals surface area (Å²) >= 11 is 0. The van der Waals surface area contributed by atoms with Gasteiger partial charge in [0, 0.05) is 29.7 Å². The van der Waals surface area contributed by atoms with E-state index in [4.69, 9.17) is 10.2 Å². The first-order chi connectivity index (χ1) is 21.0. The van der Waals surface area contributed by atoms with E-state index in [0.717, 1.165) is 50.5 Å². The number of aryl methyl sites for hydroxylation is 2. The van der Waals surface area contributed by atoms with Gasteiger partial charge < -0.3 is 15.7 Å². The Bertz CT molecular complexity index is 1080. The van der Waals surface area contributed by atoms with E-state index in [-0.39, 0.29) is 29.7 Å². The summed E-state index contributed by atoms with van der Waals surface area (Å²) in [6.45, 7) is 12.8. The fourth-order valence-corrected chi connectivity index (χ4v) is 5.04. The van der Waals surface area contributed by atoms with Crippen molar-refractivity contribution < 1.29 is 31.5 Å². The van der Waals surface area contributed by atoms with Crippen molar-refractivity contribution in [2.45, 2.75) is 138 Å². The van der Waals surface area contributed by atoms with Crippen LogP contribution in [0, 0.1) is 0 Å². The van der Waals surface area contributed by atoms with E-state index in [1.54, 1.807) is 13.8 Å². The van der Waals surface area contributed by atoms with Crippen LogP contribution in [0.25, 0.3) is 11.1 Å². The first kappa shape index (κ1) is 43.9. The molecule has 0 heterocycles. The van der Waals surface area contributed by atoms with Gasteiger partial charge in [-0.05, 0) is 98.6 Å². The van der Waals surface area contributed by atoms with Crippen molar-refractivity contribution in [2.24, 2.45) is 0 Å². The van der Waals surface area contributed by atoms with E-state index >= 15 is 0 Å². The predicted octanol–water partition coefficient (Wildman–Crippen LogP) is 10.5. The van der Waals surface area contributed by atoms with E-state index in [1.807, 2.05) is 0 Å². The van der Waals surface area contributed by atoms with Crippen LogP contribution < -0.4 is 0 Å². The molecule has 250 valence electrons. The summed E-state index contributed by atoms with van der Waals surface area (Å²) in [4.78, 5) is 3.41. The van der Waals surface area contributed by atoms with Gasteiger partial charge in [-0.1, -0.05) is 121 Å². The number of hydrogen-bond acceptors (Lipinski definition) is 2. The van der Waals surface area contributed by atoms with Crippen LogP contribution in [0.5, 0.6) is 0 Å². The fraction of sp³-hybridized carbons (Fsp3) is 0.590. The molecule has 0 atom stereocenters. The molecule has 2 rings (SSSR count). The molecule has 0 saturated heterocycles. The van der Waals surface area contributed by atoms with Gasteiger partial charge in [0.15, 0.2) is 0 Å². The van der Waals surface area contributed by atoms with Gasteiger partial charge in [0.05, 0.1) is 5.57 Å². The van der Waals surface area contributed by atoms with Crippen molar-refractivity contribution in [1.82, 2.24) is 0 Å². The molecule has 4 nitrogen and oxygen atoms in total. The quantitative estimate of drug-likeness (QED) is 0.0421. The standard InChI is InChI=1S/C35H50N2.2C2H6O.Ni/c1-5-9-13-15-18-29-23-25-31(26-24-29)35(32-21-16-19-30(27-32)17-11-7-3)34(22-14-10-6-2)33(28-37-36)20-12-8-4;2*1-2-3;/h16,19,21,23-27H,5-15,17-18,20,22H2,1-4H3;2*3H,2H2,1H3;. The Labute approximate surface area is 280 Å². The number of allylic oxidation sites excluding steroid dienone is 2. The molecular weight excluding hydrogens is 587 g/mol. The Hall–Kier alpha value is -2.25. The molecular formula is C39H62N2NiO2. The summed E-state index contributed by atoms with van der Waals surface area (Å²) < 4.78 is 0. The Morgan fingerprint density at radius 1 is 0.636 bits per heavy atom. The minimum Gasteiger partial charge on any atom is -0.397 e. The van der Waals surface area contributed by atoms with Gasteiger partial charge in [-0.25, -0.2) is 0 Å². The van der Waals surface area contributed by atoms with Crippen molar-refractivity contribution in [2.75, 3.05) is 13.2 Å². The zero-order chi connectivity index (χ0) is 32.1. The average Bonchev–Trinajstić information content (AvgIpc) is 3.01. The van der Waals surface area contributed by atoms with Crippen LogP contribution in [0.2, 0.25) is 0 Å². The smallest absolute Gasteiger partial charge is 0.303 e. The number of aliphatic hydroxyl groups excluding tert-OH is 2. The summed E-state index contributed by atoms with van der Waals surface area (Å²) in [5.41, 5.74) is 18.5. The summed E-state index contributed by atoms with van der Waals surface area (Å²) in [5, 5.41) is 15.1. The van der Waals surface area contributed by atoms with Gasteiger partial charge in [-0.15, -0.1) is 4.79 Å². The summed E-state index contributed by atoms with van der Waals surface area (Å²) in [6, 6.07) is 18.4.